The van der Waals surface area contributed by atoms with Gasteiger partial charge in [-0.15, -0.1) is 0 Å². The maximum atomic E-state index is 4.07. The van der Waals surface area contributed by atoms with Crippen molar-refractivity contribution in [2.75, 3.05) is 0 Å². The van der Waals surface area contributed by atoms with Gasteiger partial charge in [0, 0.05) is 0 Å². The van der Waals surface area contributed by atoms with Crippen molar-refractivity contribution in [2.24, 2.45) is 0 Å². The Balaban J connectivity index is 3.02. The van der Waals surface area contributed by atoms with Crippen molar-refractivity contribution in [3.8, 4) is 0 Å². The Morgan fingerprint density at radius 1 is 1.14 bits per heavy atom. The van der Waals surface area contributed by atoms with Crippen LogP contribution in [0.2, 0.25) is 0 Å². The molecule has 14 heavy (non-hydrogen) atoms. The van der Waals surface area contributed by atoms with E-state index in [0.717, 1.165) is 12.8 Å². The van der Waals surface area contributed by atoms with Gasteiger partial charge in [-0.05, 0) is 50.3 Å². The molecule has 0 aliphatic heterocycles. The Kier molecular flexibility index (Phi) is 3.51. The van der Waals surface area contributed by atoms with E-state index in [0.29, 0.717) is 0 Å². The molecule has 0 saturated heterocycles. The Hall–Kier alpha value is -1.04. The predicted octanol–water partition coefficient (Wildman–Crippen LogP) is 4.12. The molecule has 0 aliphatic carbocycles. The molecular formula is C14H20. The second-order valence-corrected chi connectivity index (χ2v) is 4.16. The standard InChI is InChI=1S/C14H20/c1-6-10(2)9-14-12(4)7-11(3)8-13(14)5/h7-8H,2,6,9H2,1,3-5H3. The van der Waals surface area contributed by atoms with Crippen molar-refractivity contribution < 1.29 is 0 Å². The molecule has 0 N–H and O–H groups in total. The average Bonchev–Trinajstić information content (AvgIpc) is 2.10. The maximum absolute atomic E-state index is 4.07. The molecule has 76 valence electrons. The van der Waals surface area contributed by atoms with E-state index in [9.17, 15) is 0 Å². The lowest BCUT2D eigenvalue weighted by Crippen LogP contribution is -1.96. The highest BCUT2D eigenvalue weighted by Crippen LogP contribution is 2.20. The molecule has 1 aromatic carbocycles. The summed E-state index contributed by atoms with van der Waals surface area (Å²) in [6.07, 6.45) is 2.11. The molecule has 0 heterocycles. The topological polar surface area (TPSA) is 0 Å². The average molecular weight is 188 g/mol. The van der Waals surface area contributed by atoms with Crippen LogP contribution in [-0.4, -0.2) is 0 Å². The number of rotatable bonds is 3. The summed E-state index contributed by atoms with van der Waals surface area (Å²) in [7, 11) is 0. The fraction of sp³-hybridized carbons (Fsp3) is 0.429. The minimum atomic E-state index is 1.04. The monoisotopic (exact) mass is 188 g/mol. The number of aryl methyl sites for hydroxylation is 3. The van der Waals surface area contributed by atoms with Gasteiger partial charge in [0.15, 0.2) is 0 Å². The normalized spacial score (nSPS) is 10.3. The fourth-order valence-corrected chi connectivity index (χ4v) is 1.86. The summed E-state index contributed by atoms with van der Waals surface area (Å²) < 4.78 is 0. The Labute approximate surface area is 87.7 Å². The van der Waals surface area contributed by atoms with Gasteiger partial charge in [0.25, 0.3) is 0 Å². The second-order valence-electron chi connectivity index (χ2n) is 4.16. The highest BCUT2D eigenvalue weighted by molar-refractivity contribution is 5.39. The summed E-state index contributed by atoms with van der Waals surface area (Å²) in [6.45, 7) is 12.8. The van der Waals surface area contributed by atoms with Crippen LogP contribution >= 0.6 is 0 Å². The molecule has 0 atom stereocenters. The highest BCUT2D eigenvalue weighted by atomic mass is 14.1. The molecule has 0 radical (unpaired) electrons. The maximum Gasteiger partial charge on any atom is -0.00647 e. The zero-order valence-corrected chi connectivity index (χ0v) is 9.78. The molecule has 0 spiro atoms. The van der Waals surface area contributed by atoms with Crippen molar-refractivity contribution in [2.45, 2.75) is 40.5 Å². The third-order valence-electron chi connectivity index (χ3n) is 2.77. The van der Waals surface area contributed by atoms with E-state index in [-0.39, 0.29) is 0 Å². The second kappa shape index (κ2) is 4.45. The third-order valence-corrected chi connectivity index (χ3v) is 2.77. The van der Waals surface area contributed by atoms with E-state index < -0.39 is 0 Å². The van der Waals surface area contributed by atoms with Gasteiger partial charge in [-0.25, -0.2) is 0 Å². The summed E-state index contributed by atoms with van der Waals surface area (Å²) in [5.41, 5.74) is 6.93. The zero-order valence-electron chi connectivity index (χ0n) is 9.78. The van der Waals surface area contributed by atoms with Crippen LogP contribution in [-0.2, 0) is 6.42 Å². The van der Waals surface area contributed by atoms with Crippen LogP contribution in [0.3, 0.4) is 0 Å². The van der Waals surface area contributed by atoms with Crippen molar-refractivity contribution >= 4 is 0 Å². The number of benzene rings is 1. The van der Waals surface area contributed by atoms with Crippen LogP contribution in [0.15, 0.2) is 24.3 Å². The van der Waals surface area contributed by atoms with Gasteiger partial charge in [0.05, 0.1) is 0 Å². The van der Waals surface area contributed by atoms with Crippen molar-refractivity contribution in [1.82, 2.24) is 0 Å². The molecule has 0 aromatic heterocycles. The van der Waals surface area contributed by atoms with Crippen molar-refractivity contribution in [1.29, 1.82) is 0 Å². The summed E-state index contributed by atoms with van der Waals surface area (Å²) in [4.78, 5) is 0. The molecule has 0 saturated carbocycles. The van der Waals surface area contributed by atoms with E-state index in [1.807, 2.05) is 0 Å². The van der Waals surface area contributed by atoms with Crippen LogP contribution in [0.25, 0.3) is 0 Å². The molecule has 0 aliphatic rings. The van der Waals surface area contributed by atoms with E-state index in [2.05, 4.69) is 46.4 Å². The SMILES string of the molecule is C=C(CC)Cc1c(C)cc(C)cc1C. The van der Waals surface area contributed by atoms with Crippen molar-refractivity contribution in [3.05, 3.63) is 46.5 Å². The predicted molar refractivity (Wildman–Crippen MR) is 63.8 cm³/mol. The Morgan fingerprint density at radius 2 is 1.64 bits per heavy atom. The van der Waals surface area contributed by atoms with Crippen LogP contribution in [0.4, 0.5) is 0 Å². The van der Waals surface area contributed by atoms with Gasteiger partial charge in [0.1, 0.15) is 0 Å². The Morgan fingerprint density at radius 3 is 2.07 bits per heavy atom. The van der Waals surface area contributed by atoms with E-state index in [1.54, 1.807) is 0 Å². The van der Waals surface area contributed by atoms with E-state index >= 15 is 0 Å². The third kappa shape index (κ3) is 2.47. The van der Waals surface area contributed by atoms with E-state index in [1.165, 1.54) is 27.8 Å². The van der Waals surface area contributed by atoms with Crippen LogP contribution < -0.4 is 0 Å². The van der Waals surface area contributed by atoms with Gasteiger partial charge < -0.3 is 0 Å². The molecule has 0 unspecified atom stereocenters. The van der Waals surface area contributed by atoms with Gasteiger partial charge in [0.2, 0.25) is 0 Å². The lowest BCUT2D eigenvalue weighted by Gasteiger charge is -2.12. The largest absolute Gasteiger partial charge is 0.0995 e. The first-order valence-corrected chi connectivity index (χ1v) is 5.28. The lowest BCUT2D eigenvalue weighted by molar-refractivity contribution is 0.991. The van der Waals surface area contributed by atoms with Gasteiger partial charge in [-0.3, -0.25) is 0 Å². The Bertz CT molecular complexity index is 322. The molecule has 1 aromatic rings. The zero-order chi connectivity index (χ0) is 10.7. The number of allylic oxidation sites excluding steroid dienone is 1. The lowest BCUT2D eigenvalue weighted by atomic mass is 9.94. The first kappa shape index (κ1) is 11.0. The summed E-state index contributed by atoms with van der Waals surface area (Å²) in [5, 5.41) is 0. The molecule has 0 nitrogen and oxygen atoms in total. The first-order chi connectivity index (χ1) is 6.54. The van der Waals surface area contributed by atoms with E-state index in [4.69, 9.17) is 0 Å². The van der Waals surface area contributed by atoms with Crippen molar-refractivity contribution in [3.63, 3.8) is 0 Å². The highest BCUT2D eigenvalue weighted by Gasteiger charge is 2.04. The van der Waals surface area contributed by atoms with Gasteiger partial charge in [-0.2, -0.15) is 0 Å². The number of hydrogen-bond donors (Lipinski definition) is 0. The number of hydrogen-bond acceptors (Lipinski definition) is 0. The quantitative estimate of drug-likeness (QED) is 0.626. The van der Waals surface area contributed by atoms with Gasteiger partial charge in [-0.1, -0.05) is 36.8 Å². The molecule has 0 heteroatoms. The minimum Gasteiger partial charge on any atom is -0.0995 e. The molecular weight excluding hydrogens is 168 g/mol. The molecule has 1 rings (SSSR count). The first-order valence-electron chi connectivity index (χ1n) is 5.28. The molecule has 0 fully saturated rings. The van der Waals surface area contributed by atoms with Crippen LogP contribution in [0, 0.1) is 20.8 Å². The molecule has 0 bridgehead atoms. The molecule has 0 amide bonds. The minimum absolute atomic E-state index is 1.04. The fourth-order valence-electron chi connectivity index (χ4n) is 1.86. The summed E-state index contributed by atoms with van der Waals surface area (Å²) >= 11 is 0. The van der Waals surface area contributed by atoms with Gasteiger partial charge >= 0.3 is 0 Å². The summed E-state index contributed by atoms with van der Waals surface area (Å²) in [5.74, 6) is 0. The van der Waals surface area contributed by atoms with Crippen LogP contribution in [0.5, 0.6) is 0 Å². The smallest absolute Gasteiger partial charge is 0.00647 e. The summed E-state index contributed by atoms with van der Waals surface area (Å²) in [6, 6.07) is 4.51. The van der Waals surface area contributed by atoms with Crippen LogP contribution in [0.1, 0.15) is 35.6 Å².